The largest absolute Gasteiger partial charge is 0.384 e. The van der Waals surface area contributed by atoms with Gasteiger partial charge < -0.3 is 5.11 Å². The first-order valence-corrected chi connectivity index (χ1v) is 9.22. The standard InChI is InChI=1S/C22H15F2NOS/c23-17-7-1-4-14(10-17)19-13-27-22(15-5-2-8-18(24)11-15)20(19)21(26)16-6-3-9-25-12-16/h1-13,21,26H/t21-/m1/s1. The van der Waals surface area contributed by atoms with Crippen molar-refractivity contribution >= 4 is 11.3 Å². The molecule has 0 radical (unpaired) electrons. The summed E-state index contributed by atoms with van der Waals surface area (Å²) in [4.78, 5) is 4.81. The molecule has 2 heterocycles. The Morgan fingerprint density at radius 2 is 1.59 bits per heavy atom. The molecular weight excluding hydrogens is 364 g/mol. The number of halogens is 2. The number of rotatable bonds is 4. The van der Waals surface area contributed by atoms with Gasteiger partial charge in [-0.3, -0.25) is 4.98 Å². The fourth-order valence-corrected chi connectivity index (χ4v) is 4.19. The van der Waals surface area contributed by atoms with Crippen LogP contribution in [0.15, 0.2) is 78.4 Å². The molecule has 134 valence electrons. The monoisotopic (exact) mass is 379 g/mol. The molecule has 4 aromatic rings. The van der Waals surface area contributed by atoms with Crippen molar-refractivity contribution in [3.8, 4) is 21.6 Å². The van der Waals surface area contributed by atoms with E-state index in [4.69, 9.17) is 0 Å². The molecule has 0 aliphatic heterocycles. The van der Waals surface area contributed by atoms with Crippen molar-refractivity contribution in [2.24, 2.45) is 0 Å². The van der Waals surface area contributed by atoms with Crippen molar-refractivity contribution in [2.75, 3.05) is 0 Å². The lowest BCUT2D eigenvalue weighted by Gasteiger charge is -2.15. The van der Waals surface area contributed by atoms with Crippen LogP contribution in [-0.2, 0) is 0 Å². The van der Waals surface area contributed by atoms with Gasteiger partial charge in [-0.2, -0.15) is 0 Å². The zero-order valence-electron chi connectivity index (χ0n) is 14.1. The van der Waals surface area contributed by atoms with Gasteiger partial charge in [-0.25, -0.2) is 8.78 Å². The third-order valence-corrected chi connectivity index (χ3v) is 5.37. The Balaban J connectivity index is 1.93. The minimum absolute atomic E-state index is 0.352. The van der Waals surface area contributed by atoms with Crippen LogP contribution in [0.3, 0.4) is 0 Å². The predicted octanol–water partition coefficient (Wildman–Crippen LogP) is 5.84. The number of thiophene rings is 1. The molecule has 0 unspecified atom stereocenters. The fraction of sp³-hybridized carbons (Fsp3) is 0.0455. The molecule has 1 N–H and O–H groups in total. The first kappa shape index (κ1) is 17.5. The summed E-state index contributed by atoms with van der Waals surface area (Å²) in [5.41, 5.74) is 3.28. The molecule has 27 heavy (non-hydrogen) atoms. The highest BCUT2D eigenvalue weighted by molar-refractivity contribution is 7.14. The van der Waals surface area contributed by atoms with Gasteiger partial charge >= 0.3 is 0 Å². The topological polar surface area (TPSA) is 33.1 Å². The maximum Gasteiger partial charge on any atom is 0.123 e. The number of pyridine rings is 1. The third-order valence-electron chi connectivity index (χ3n) is 4.33. The summed E-state index contributed by atoms with van der Waals surface area (Å²) in [6.45, 7) is 0. The Bertz CT molecular complexity index is 1020. The summed E-state index contributed by atoms with van der Waals surface area (Å²) in [7, 11) is 0. The summed E-state index contributed by atoms with van der Waals surface area (Å²) in [6.07, 6.45) is 2.25. The minimum Gasteiger partial charge on any atom is -0.384 e. The van der Waals surface area contributed by atoms with Crippen molar-refractivity contribution in [3.63, 3.8) is 0 Å². The molecule has 2 nitrogen and oxygen atoms in total. The van der Waals surface area contributed by atoms with Gasteiger partial charge in [-0.15, -0.1) is 11.3 Å². The molecule has 2 aromatic carbocycles. The molecule has 5 heteroatoms. The van der Waals surface area contributed by atoms with E-state index in [1.807, 2.05) is 5.38 Å². The highest BCUT2D eigenvalue weighted by atomic mass is 32.1. The summed E-state index contributed by atoms with van der Waals surface area (Å²) < 4.78 is 27.5. The SMILES string of the molecule is O[C@H](c1cccnc1)c1c(-c2cccc(F)c2)csc1-c1cccc(F)c1. The molecule has 0 fully saturated rings. The minimum atomic E-state index is -0.971. The first-order chi connectivity index (χ1) is 13.1. The van der Waals surface area contributed by atoms with Gasteiger partial charge in [0.25, 0.3) is 0 Å². The molecule has 0 aliphatic carbocycles. The van der Waals surface area contributed by atoms with E-state index < -0.39 is 6.10 Å². The van der Waals surface area contributed by atoms with Gasteiger partial charge in [0, 0.05) is 28.4 Å². The Morgan fingerprint density at radius 1 is 0.889 bits per heavy atom. The number of aliphatic hydroxyl groups excluding tert-OH is 1. The maximum atomic E-state index is 13.8. The Kier molecular flexibility index (Phi) is 4.79. The number of hydrogen-bond donors (Lipinski definition) is 1. The van der Waals surface area contributed by atoms with E-state index >= 15 is 0 Å². The summed E-state index contributed by atoms with van der Waals surface area (Å²) in [5, 5.41) is 12.9. The normalized spacial score (nSPS) is 12.1. The lowest BCUT2D eigenvalue weighted by Crippen LogP contribution is -2.02. The molecule has 0 bridgehead atoms. The first-order valence-electron chi connectivity index (χ1n) is 8.35. The number of aliphatic hydroxyl groups is 1. The number of benzene rings is 2. The second-order valence-electron chi connectivity index (χ2n) is 6.10. The highest BCUT2D eigenvalue weighted by Crippen LogP contribution is 2.43. The zero-order valence-corrected chi connectivity index (χ0v) is 15.0. The van der Waals surface area contributed by atoms with Crippen molar-refractivity contribution in [1.82, 2.24) is 4.98 Å². The molecular formula is C22H15F2NOS. The summed E-state index contributed by atoms with van der Waals surface area (Å²) in [6, 6.07) is 16.0. The Hall–Kier alpha value is -2.89. The van der Waals surface area contributed by atoms with Crippen molar-refractivity contribution in [3.05, 3.63) is 101 Å². The number of aromatic nitrogens is 1. The van der Waals surface area contributed by atoms with E-state index in [1.54, 1.807) is 48.8 Å². The Labute approximate surface area is 159 Å². The molecule has 0 saturated carbocycles. The molecule has 0 amide bonds. The van der Waals surface area contributed by atoms with E-state index in [2.05, 4.69) is 4.98 Å². The molecule has 2 aromatic heterocycles. The average Bonchev–Trinajstić information content (AvgIpc) is 3.13. The third kappa shape index (κ3) is 3.52. The second kappa shape index (κ2) is 7.39. The van der Waals surface area contributed by atoms with Crippen LogP contribution in [0, 0.1) is 11.6 Å². The van der Waals surface area contributed by atoms with Crippen molar-refractivity contribution < 1.29 is 13.9 Å². The van der Waals surface area contributed by atoms with Crippen LogP contribution in [0.1, 0.15) is 17.2 Å². The number of nitrogens with zero attached hydrogens (tertiary/aromatic N) is 1. The van der Waals surface area contributed by atoms with Crippen molar-refractivity contribution in [1.29, 1.82) is 0 Å². The van der Waals surface area contributed by atoms with Crippen LogP contribution in [0.5, 0.6) is 0 Å². The lowest BCUT2D eigenvalue weighted by molar-refractivity contribution is 0.221. The van der Waals surface area contributed by atoms with Crippen LogP contribution in [0.25, 0.3) is 21.6 Å². The Morgan fingerprint density at radius 3 is 2.26 bits per heavy atom. The molecule has 0 spiro atoms. The van der Waals surface area contributed by atoms with Gasteiger partial charge in [0.2, 0.25) is 0 Å². The van der Waals surface area contributed by atoms with Crippen LogP contribution in [0.4, 0.5) is 8.78 Å². The number of hydrogen-bond acceptors (Lipinski definition) is 3. The molecule has 0 saturated heterocycles. The second-order valence-corrected chi connectivity index (χ2v) is 6.98. The predicted molar refractivity (Wildman–Crippen MR) is 103 cm³/mol. The highest BCUT2D eigenvalue weighted by Gasteiger charge is 2.23. The average molecular weight is 379 g/mol. The van der Waals surface area contributed by atoms with Crippen molar-refractivity contribution in [2.45, 2.75) is 6.10 Å². The van der Waals surface area contributed by atoms with Crippen LogP contribution < -0.4 is 0 Å². The van der Waals surface area contributed by atoms with E-state index in [1.165, 1.54) is 35.6 Å². The zero-order chi connectivity index (χ0) is 18.8. The fourth-order valence-electron chi connectivity index (χ4n) is 3.08. The lowest BCUT2D eigenvalue weighted by atomic mass is 9.93. The van der Waals surface area contributed by atoms with Gasteiger partial charge in [-0.1, -0.05) is 30.3 Å². The van der Waals surface area contributed by atoms with E-state index in [-0.39, 0.29) is 11.6 Å². The van der Waals surface area contributed by atoms with Crippen LogP contribution >= 0.6 is 11.3 Å². The van der Waals surface area contributed by atoms with E-state index in [0.29, 0.717) is 22.3 Å². The quantitative estimate of drug-likeness (QED) is 0.483. The molecule has 0 aliphatic rings. The van der Waals surface area contributed by atoms with Gasteiger partial charge in [0.05, 0.1) is 0 Å². The molecule has 1 atom stereocenters. The van der Waals surface area contributed by atoms with Gasteiger partial charge in [-0.05, 0) is 52.4 Å². The molecule has 4 rings (SSSR count). The summed E-state index contributed by atoms with van der Waals surface area (Å²) >= 11 is 1.39. The van der Waals surface area contributed by atoms with Gasteiger partial charge in [0.1, 0.15) is 17.7 Å². The van der Waals surface area contributed by atoms with Crippen LogP contribution in [0.2, 0.25) is 0 Å². The van der Waals surface area contributed by atoms with Gasteiger partial charge in [0.15, 0.2) is 0 Å². The van der Waals surface area contributed by atoms with Crippen LogP contribution in [-0.4, -0.2) is 10.1 Å². The smallest absolute Gasteiger partial charge is 0.123 e. The maximum absolute atomic E-state index is 13.8. The summed E-state index contributed by atoms with van der Waals surface area (Å²) in [5.74, 6) is -0.706. The van der Waals surface area contributed by atoms with E-state index in [0.717, 1.165) is 10.4 Å². The van der Waals surface area contributed by atoms with E-state index in [9.17, 15) is 13.9 Å².